The maximum Gasteiger partial charge on any atom is 0.309 e. The second-order valence-corrected chi connectivity index (χ2v) is 2.23. The molecule has 4 nitrogen and oxygen atoms in total. The standard InChI is InChI=1S/C7H13NO3/c1-3-4-11-8-6(2)5-7(9)10/h3-5H2,1-2H3,(H,9,10). The quantitative estimate of drug-likeness (QED) is 0.373. The van der Waals surface area contributed by atoms with E-state index < -0.39 is 5.97 Å². The third-order valence-corrected chi connectivity index (χ3v) is 0.923. The molecule has 0 amide bonds. The van der Waals surface area contributed by atoms with Gasteiger partial charge in [0.1, 0.15) is 6.61 Å². The maximum atomic E-state index is 10.1. The predicted octanol–water partition coefficient (Wildman–Crippen LogP) is 1.26. The van der Waals surface area contributed by atoms with Crippen LogP contribution >= 0.6 is 0 Å². The Morgan fingerprint density at radius 3 is 2.73 bits per heavy atom. The van der Waals surface area contributed by atoms with E-state index in [1.807, 2.05) is 6.92 Å². The van der Waals surface area contributed by atoms with Gasteiger partial charge in [0, 0.05) is 0 Å². The van der Waals surface area contributed by atoms with E-state index in [0.29, 0.717) is 12.3 Å². The Morgan fingerprint density at radius 1 is 1.64 bits per heavy atom. The van der Waals surface area contributed by atoms with Crippen molar-refractivity contribution in [2.75, 3.05) is 6.61 Å². The lowest BCUT2D eigenvalue weighted by atomic mass is 10.3. The van der Waals surface area contributed by atoms with Crippen LogP contribution in [0.25, 0.3) is 0 Å². The zero-order valence-electron chi connectivity index (χ0n) is 6.83. The molecule has 0 aliphatic carbocycles. The van der Waals surface area contributed by atoms with Crippen LogP contribution in [0.5, 0.6) is 0 Å². The first-order chi connectivity index (χ1) is 5.16. The van der Waals surface area contributed by atoms with Crippen LogP contribution in [-0.2, 0) is 9.63 Å². The van der Waals surface area contributed by atoms with Crippen molar-refractivity contribution in [2.45, 2.75) is 26.7 Å². The highest BCUT2D eigenvalue weighted by Crippen LogP contribution is 1.88. The van der Waals surface area contributed by atoms with Gasteiger partial charge in [-0.15, -0.1) is 0 Å². The fraction of sp³-hybridized carbons (Fsp3) is 0.714. The van der Waals surface area contributed by atoms with Crippen LogP contribution in [0.2, 0.25) is 0 Å². The molecule has 0 rings (SSSR count). The molecule has 0 saturated heterocycles. The topological polar surface area (TPSA) is 58.9 Å². The average Bonchev–Trinajstić information content (AvgIpc) is 1.86. The van der Waals surface area contributed by atoms with E-state index >= 15 is 0 Å². The van der Waals surface area contributed by atoms with Gasteiger partial charge in [0.2, 0.25) is 0 Å². The number of aliphatic carboxylic acids is 1. The molecule has 1 N–H and O–H groups in total. The molecule has 0 atom stereocenters. The average molecular weight is 159 g/mol. The molecule has 4 heteroatoms. The van der Waals surface area contributed by atoms with Crippen molar-refractivity contribution < 1.29 is 14.7 Å². The fourth-order valence-electron chi connectivity index (χ4n) is 0.498. The van der Waals surface area contributed by atoms with E-state index in [4.69, 9.17) is 9.94 Å². The first-order valence-electron chi connectivity index (χ1n) is 3.54. The molecule has 0 unspecified atom stereocenters. The van der Waals surface area contributed by atoms with E-state index in [-0.39, 0.29) is 6.42 Å². The van der Waals surface area contributed by atoms with Crippen LogP contribution in [0.15, 0.2) is 5.16 Å². The molecule has 0 saturated carbocycles. The lowest BCUT2D eigenvalue weighted by Crippen LogP contribution is -2.03. The molecule has 0 aromatic rings. The van der Waals surface area contributed by atoms with Gasteiger partial charge in [-0.25, -0.2) is 0 Å². The van der Waals surface area contributed by atoms with Crippen molar-refractivity contribution in [2.24, 2.45) is 5.16 Å². The summed E-state index contributed by atoms with van der Waals surface area (Å²) in [4.78, 5) is 14.9. The molecule has 0 aromatic heterocycles. The first kappa shape index (κ1) is 9.94. The van der Waals surface area contributed by atoms with Crippen LogP contribution in [0, 0.1) is 0 Å². The van der Waals surface area contributed by atoms with Crippen molar-refractivity contribution in [3.05, 3.63) is 0 Å². The largest absolute Gasteiger partial charge is 0.481 e. The zero-order valence-corrected chi connectivity index (χ0v) is 6.83. The summed E-state index contributed by atoms with van der Waals surface area (Å²) >= 11 is 0. The number of nitrogens with zero attached hydrogens (tertiary/aromatic N) is 1. The summed E-state index contributed by atoms with van der Waals surface area (Å²) in [6.45, 7) is 4.13. The maximum absolute atomic E-state index is 10.1. The molecular weight excluding hydrogens is 146 g/mol. The highest BCUT2D eigenvalue weighted by atomic mass is 16.6. The van der Waals surface area contributed by atoms with Crippen LogP contribution in [0.1, 0.15) is 26.7 Å². The number of carboxylic acid groups (broad SMARTS) is 1. The Bertz CT molecular complexity index is 154. The Kier molecular flexibility index (Phi) is 5.15. The fourth-order valence-corrected chi connectivity index (χ4v) is 0.498. The smallest absolute Gasteiger partial charge is 0.309 e. The number of carbonyl (C=O) groups is 1. The lowest BCUT2D eigenvalue weighted by Gasteiger charge is -1.96. The van der Waals surface area contributed by atoms with Gasteiger partial charge < -0.3 is 9.94 Å². The second-order valence-electron chi connectivity index (χ2n) is 2.23. The Morgan fingerprint density at radius 2 is 2.27 bits per heavy atom. The molecule has 64 valence electrons. The predicted molar refractivity (Wildman–Crippen MR) is 41.6 cm³/mol. The van der Waals surface area contributed by atoms with Crippen molar-refractivity contribution in [1.82, 2.24) is 0 Å². The SMILES string of the molecule is CCCON=C(C)CC(=O)O. The van der Waals surface area contributed by atoms with E-state index in [9.17, 15) is 4.79 Å². The molecular formula is C7H13NO3. The molecule has 11 heavy (non-hydrogen) atoms. The summed E-state index contributed by atoms with van der Waals surface area (Å²) in [5.41, 5.74) is 0.492. The van der Waals surface area contributed by atoms with E-state index in [1.165, 1.54) is 0 Å². The minimum atomic E-state index is -0.883. The highest BCUT2D eigenvalue weighted by Gasteiger charge is 1.99. The monoisotopic (exact) mass is 159 g/mol. The van der Waals surface area contributed by atoms with Crippen LogP contribution in [0.4, 0.5) is 0 Å². The third kappa shape index (κ3) is 6.83. The van der Waals surface area contributed by atoms with E-state index in [0.717, 1.165) is 6.42 Å². The summed E-state index contributed by atoms with van der Waals surface area (Å²) < 4.78 is 0. The number of carboxylic acids is 1. The highest BCUT2D eigenvalue weighted by molar-refractivity contribution is 5.96. The molecule has 0 aromatic carbocycles. The molecule has 0 aliphatic rings. The van der Waals surface area contributed by atoms with Crippen molar-refractivity contribution in [3.63, 3.8) is 0 Å². The minimum absolute atomic E-state index is 0.0519. The summed E-state index contributed by atoms with van der Waals surface area (Å²) in [7, 11) is 0. The van der Waals surface area contributed by atoms with Gasteiger partial charge in [-0.3, -0.25) is 4.79 Å². The third-order valence-electron chi connectivity index (χ3n) is 0.923. The summed E-state index contributed by atoms with van der Waals surface area (Å²) in [5, 5.41) is 11.9. The first-order valence-corrected chi connectivity index (χ1v) is 3.54. The Hall–Kier alpha value is -1.06. The van der Waals surface area contributed by atoms with Crippen molar-refractivity contribution in [3.8, 4) is 0 Å². The molecule has 0 spiro atoms. The number of rotatable bonds is 5. The van der Waals surface area contributed by atoms with Crippen molar-refractivity contribution >= 4 is 11.7 Å². The Balaban J connectivity index is 3.54. The summed E-state index contributed by atoms with van der Waals surface area (Å²) in [6, 6.07) is 0. The number of oxime groups is 1. The Labute approximate surface area is 65.8 Å². The van der Waals surface area contributed by atoms with Gasteiger partial charge in [0.05, 0.1) is 12.1 Å². The van der Waals surface area contributed by atoms with Crippen LogP contribution < -0.4 is 0 Å². The minimum Gasteiger partial charge on any atom is -0.481 e. The second kappa shape index (κ2) is 5.70. The zero-order chi connectivity index (χ0) is 8.69. The van der Waals surface area contributed by atoms with Gasteiger partial charge in [-0.2, -0.15) is 0 Å². The number of hydrogen-bond donors (Lipinski definition) is 1. The van der Waals surface area contributed by atoms with Crippen LogP contribution in [-0.4, -0.2) is 23.4 Å². The van der Waals surface area contributed by atoms with Gasteiger partial charge in [0.15, 0.2) is 0 Å². The molecule has 0 fully saturated rings. The number of hydrogen-bond acceptors (Lipinski definition) is 3. The summed E-state index contributed by atoms with van der Waals surface area (Å²) in [5.74, 6) is -0.883. The molecule has 0 radical (unpaired) electrons. The van der Waals surface area contributed by atoms with Crippen molar-refractivity contribution in [1.29, 1.82) is 0 Å². The van der Waals surface area contributed by atoms with Gasteiger partial charge >= 0.3 is 5.97 Å². The molecule has 0 aliphatic heterocycles. The lowest BCUT2D eigenvalue weighted by molar-refractivity contribution is -0.135. The van der Waals surface area contributed by atoms with Crippen LogP contribution in [0.3, 0.4) is 0 Å². The van der Waals surface area contributed by atoms with Gasteiger partial charge in [-0.05, 0) is 13.3 Å². The van der Waals surface area contributed by atoms with E-state index in [2.05, 4.69) is 5.16 Å². The molecule has 0 heterocycles. The summed E-state index contributed by atoms with van der Waals surface area (Å²) in [6.07, 6.45) is 0.827. The van der Waals surface area contributed by atoms with E-state index in [1.54, 1.807) is 6.92 Å². The van der Waals surface area contributed by atoms with Gasteiger partial charge in [-0.1, -0.05) is 12.1 Å². The molecule has 0 bridgehead atoms. The van der Waals surface area contributed by atoms with Gasteiger partial charge in [0.25, 0.3) is 0 Å². The normalized spacial score (nSPS) is 11.3.